The van der Waals surface area contributed by atoms with E-state index in [1.807, 2.05) is 6.92 Å². The summed E-state index contributed by atoms with van der Waals surface area (Å²) in [5.74, 6) is 0.642. The van der Waals surface area contributed by atoms with Crippen LogP contribution in [0, 0.1) is 5.92 Å². The molecule has 2 nitrogen and oxygen atoms in total. The molecule has 0 spiro atoms. The van der Waals surface area contributed by atoms with Crippen molar-refractivity contribution in [1.82, 2.24) is 0 Å². The Balaban J connectivity index is 3.77. The Hall–Kier alpha value is 0.400. The van der Waals surface area contributed by atoms with Gasteiger partial charge in [-0.2, -0.15) is 0 Å². The molecule has 4 N–H and O–H groups in total. The summed E-state index contributed by atoms with van der Waals surface area (Å²) in [6.45, 7) is 4.23. The Morgan fingerprint density at radius 1 is 1.31 bits per heavy atom. The van der Waals surface area contributed by atoms with Gasteiger partial charge in [0.1, 0.15) is 0 Å². The predicted octanol–water partition coefficient (Wildman–Crippen LogP) is 2.25. The SMILES string of the molecule is CC[C@H](CCCBr)C(N)C[C@@H](C)N. The van der Waals surface area contributed by atoms with Crippen LogP contribution in [0.15, 0.2) is 0 Å². The Kier molecular flexibility index (Phi) is 8.01. The fourth-order valence-corrected chi connectivity index (χ4v) is 2.01. The van der Waals surface area contributed by atoms with Gasteiger partial charge in [0.25, 0.3) is 0 Å². The smallest absolute Gasteiger partial charge is 0.00816 e. The summed E-state index contributed by atoms with van der Waals surface area (Å²) < 4.78 is 0. The van der Waals surface area contributed by atoms with E-state index in [1.54, 1.807) is 0 Å². The molecule has 0 fully saturated rings. The predicted molar refractivity (Wildman–Crippen MR) is 63.1 cm³/mol. The fourth-order valence-electron chi connectivity index (χ4n) is 1.68. The lowest BCUT2D eigenvalue weighted by molar-refractivity contribution is 0.349. The molecule has 0 heterocycles. The Bertz CT molecular complexity index is 117. The van der Waals surface area contributed by atoms with Crippen LogP contribution in [0.2, 0.25) is 0 Å². The number of halogens is 1. The van der Waals surface area contributed by atoms with Crippen LogP contribution in [0.1, 0.15) is 39.5 Å². The first-order chi connectivity index (χ1) is 6.11. The molecular formula is C10H23BrN2. The minimum absolute atomic E-state index is 0.230. The fraction of sp³-hybridized carbons (Fsp3) is 1.00. The molecule has 13 heavy (non-hydrogen) atoms. The normalized spacial score (nSPS) is 18.2. The van der Waals surface area contributed by atoms with Crippen LogP contribution in [0.3, 0.4) is 0 Å². The third-order valence-electron chi connectivity index (χ3n) is 2.48. The zero-order valence-corrected chi connectivity index (χ0v) is 10.4. The number of hydrogen-bond donors (Lipinski definition) is 2. The number of rotatable bonds is 7. The van der Waals surface area contributed by atoms with Crippen molar-refractivity contribution in [3.63, 3.8) is 0 Å². The van der Waals surface area contributed by atoms with Gasteiger partial charge < -0.3 is 11.5 Å². The minimum Gasteiger partial charge on any atom is -0.328 e. The summed E-state index contributed by atoms with van der Waals surface area (Å²) in [4.78, 5) is 0. The van der Waals surface area contributed by atoms with E-state index in [0.717, 1.165) is 11.8 Å². The lowest BCUT2D eigenvalue weighted by atomic mass is 9.89. The van der Waals surface area contributed by atoms with Gasteiger partial charge >= 0.3 is 0 Å². The van der Waals surface area contributed by atoms with Gasteiger partial charge in [-0.1, -0.05) is 29.3 Å². The van der Waals surface area contributed by atoms with Gasteiger partial charge in [0.15, 0.2) is 0 Å². The average Bonchev–Trinajstić information content (AvgIpc) is 2.04. The highest BCUT2D eigenvalue weighted by Gasteiger charge is 2.16. The molecule has 0 aliphatic rings. The van der Waals surface area contributed by atoms with E-state index in [-0.39, 0.29) is 12.1 Å². The number of nitrogens with two attached hydrogens (primary N) is 2. The molecule has 3 atom stereocenters. The first-order valence-electron chi connectivity index (χ1n) is 5.18. The van der Waals surface area contributed by atoms with Crippen LogP contribution in [-0.2, 0) is 0 Å². The summed E-state index contributed by atoms with van der Waals surface area (Å²) in [6, 6.07) is 0.511. The Morgan fingerprint density at radius 2 is 1.92 bits per heavy atom. The van der Waals surface area contributed by atoms with Crippen molar-refractivity contribution >= 4 is 15.9 Å². The molecule has 0 aromatic rings. The highest BCUT2D eigenvalue weighted by atomic mass is 79.9. The molecule has 0 aromatic carbocycles. The maximum Gasteiger partial charge on any atom is 0.00816 e. The molecule has 0 aliphatic carbocycles. The second-order valence-corrected chi connectivity index (χ2v) is 4.67. The lowest BCUT2D eigenvalue weighted by Gasteiger charge is -2.23. The van der Waals surface area contributed by atoms with Crippen molar-refractivity contribution < 1.29 is 0 Å². The first-order valence-corrected chi connectivity index (χ1v) is 6.31. The van der Waals surface area contributed by atoms with Crippen molar-refractivity contribution in [2.45, 2.75) is 51.6 Å². The van der Waals surface area contributed by atoms with Gasteiger partial charge in [-0.3, -0.25) is 0 Å². The third-order valence-corrected chi connectivity index (χ3v) is 3.04. The van der Waals surface area contributed by atoms with E-state index in [9.17, 15) is 0 Å². The summed E-state index contributed by atoms with van der Waals surface area (Å²) in [6.07, 6.45) is 4.54. The Labute approximate surface area is 90.6 Å². The monoisotopic (exact) mass is 250 g/mol. The molecule has 0 radical (unpaired) electrons. The first kappa shape index (κ1) is 13.4. The summed E-state index contributed by atoms with van der Waals surface area (Å²) in [5, 5.41) is 1.08. The van der Waals surface area contributed by atoms with E-state index in [1.165, 1.54) is 19.3 Å². The molecular weight excluding hydrogens is 228 g/mol. The van der Waals surface area contributed by atoms with Gasteiger partial charge in [0.2, 0.25) is 0 Å². The second kappa shape index (κ2) is 7.77. The number of alkyl halides is 1. The molecule has 80 valence electrons. The zero-order valence-electron chi connectivity index (χ0n) is 8.80. The quantitative estimate of drug-likeness (QED) is 0.682. The van der Waals surface area contributed by atoms with Crippen LogP contribution in [0.25, 0.3) is 0 Å². The number of hydrogen-bond acceptors (Lipinski definition) is 2. The van der Waals surface area contributed by atoms with Crippen molar-refractivity contribution in [3.05, 3.63) is 0 Å². The average molecular weight is 251 g/mol. The van der Waals surface area contributed by atoms with Gasteiger partial charge in [-0.15, -0.1) is 0 Å². The molecule has 0 saturated carbocycles. The summed E-state index contributed by atoms with van der Waals surface area (Å²) in [5.41, 5.74) is 11.8. The van der Waals surface area contributed by atoms with Crippen LogP contribution >= 0.6 is 15.9 Å². The van der Waals surface area contributed by atoms with E-state index in [2.05, 4.69) is 22.9 Å². The molecule has 0 saturated heterocycles. The van der Waals surface area contributed by atoms with Crippen LogP contribution in [-0.4, -0.2) is 17.4 Å². The van der Waals surface area contributed by atoms with Crippen LogP contribution < -0.4 is 11.5 Å². The van der Waals surface area contributed by atoms with Gasteiger partial charge in [0.05, 0.1) is 0 Å². The van der Waals surface area contributed by atoms with Crippen molar-refractivity contribution in [2.24, 2.45) is 17.4 Å². The largest absolute Gasteiger partial charge is 0.328 e. The highest BCUT2D eigenvalue weighted by molar-refractivity contribution is 9.09. The van der Waals surface area contributed by atoms with Crippen LogP contribution in [0.4, 0.5) is 0 Å². The van der Waals surface area contributed by atoms with Crippen molar-refractivity contribution in [1.29, 1.82) is 0 Å². The third kappa shape index (κ3) is 6.47. The maximum atomic E-state index is 6.07. The molecule has 3 heteroatoms. The standard InChI is InChI=1S/C10H23BrN2/c1-3-9(5-4-6-11)10(13)7-8(2)12/h8-10H,3-7,12-13H2,1-2H3/t8-,9-,10?/m1/s1. The van der Waals surface area contributed by atoms with Gasteiger partial charge in [0, 0.05) is 17.4 Å². The van der Waals surface area contributed by atoms with Crippen molar-refractivity contribution in [2.75, 3.05) is 5.33 Å². The van der Waals surface area contributed by atoms with Crippen molar-refractivity contribution in [3.8, 4) is 0 Å². The molecule has 0 aromatic heterocycles. The van der Waals surface area contributed by atoms with Gasteiger partial charge in [-0.05, 0) is 32.1 Å². The molecule has 0 bridgehead atoms. The maximum absolute atomic E-state index is 6.07. The summed E-state index contributed by atoms with van der Waals surface area (Å²) in [7, 11) is 0. The zero-order chi connectivity index (χ0) is 10.3. The second-order valence-electron chi connectivity index (χ2n) is 3.88. The van der Waals surface area contributed by atoms with E-state index in [0.29, 0.717) is 5.92 Å². The Morgan fingerprint density at radius 3 is 2.31 bits per heavy atom. The highest BCUT2D eigenvalue weighted by Crippen LogP contribution is 2.17. The van der Waals surface area contributed by atoms with Crippen LogP contribution in [0.5, 0.6) is 0 Å². The minimum atomic E-state index is 0.230. The van der Waals surface area contributed by atoms with E-state index < -0.39 is 0 Å². The summed E-state index contributed by atoms with van der Waals surface area (Å²) >= 11 is 3.44. The topological polar surface area (TPSA) is 52.0 Å². The molecule has 0 aliphatic heterocycles. The van der Waals surface area contributed by atoms with E-state index >= 15 is 0 Å². The lowest BCUT2D eigenvalue weighted by Crippen LogP contribution is -2.35. The van der Waals surface area contributed by atoms with E-state index in [4.69, 9.17) is 11.5 Å². The molecule has 0 rings (SSSR count). The molecule has 0 amide bonds. The van der Waals surface area contributed by atoms with Gasteiger partial charge in [-0.25, -0.2) is 0 Å². The molecule has 1 unspecified atom stereocenters.